The van der Waals surface area contributed by atoms with Gasteiger partial charge in [-0.2, -0.15) is 0 Å². The molecule has 1 amide bonds. The molecule has 1 saturated heterocycles. The molecule has 4 N–H and O–H groups in total. The van der Waals surface area contributed by atoms with Crippen molar-refractivity contribution in [1.29, 1.82) is 0 Å². The van der Waals surface area contributed by atoms with E-state index in [0.29, 0.717) is 25.9 Å². The maximum absolute atomic E-state index is 11.0. The van der Waals surface area contributed by atoms with Crippen molar-refractivity contribution >= 4 is 45.9 Å². The van der Waals surface area contributed by atoms with Gasteiger partial charge in [0.2, 0.25) is 15.9 Å². The molecule has 0 aliphatic carbocycles. The normalized spacial score (nSPS) is 19.1. The van der Waals surface area contributed by atoms with Crippen LogP contribution in [0, 0.1) is 5.92 Å². The first-order chi connectivity index (χ1) is 10.3. The lowest BCUT2D eigenvalue weighted by Crippen LogP contribution is -2.47. The summed E-state index contributed by atoms with van der Waals surface area (Å²) in [7, 11) is -1.41. The van der Waals surface area contributed by atoms with E-state index in [2.05, 4.69) is 19.9 Å². The predicted octanol–water partition coefficient (Wildman–Crippen LogP) is -0.293. The van der Waals surface area contributed by atoms with E-state index in [1.165, 1.54) is 0 Å². The summed E-state index contributed by atoms with van der Waals surface area (Å²) in [5.74, 6) is 0.798. The number of nitrogens with one attached hydrogen (secondary N) is 2. The molecule has 0 aromatic carbocycles. The number of amides is 1. The lowest BCUT2D eigenvalue weighted by atomic mass is 9.95. The molecule has 0 aromatic heterocycles. The highest BCUT2D eigenvalue weighted by atomic mass is 127. The molecule has 1 heterocycles. The summed E-state index contributed by atoms with van der Waals surface area (Å²) in [6.45, 7) is 2.69. The number of aliphatic imine (C=N–C) groups is 1. The van der Waals surface area contributed by atoms with Crippen LogP contribution in [0.3, 0.4) is 0 Å². The number of carbonyl (C=O) groups excluding carboxylic acids is 1. The fourth-order valence-electron chi connectivity index (χ4n) is 2.59. The Morgan fingerprint density at radius 3 is 2.65 bits per heavy atom. The first-order valence-corrected chi connectivity index (χ1v) is 9.39. The van der Waals surface area contributed by atoms with Crippen LogP contribution in [-0.4, -0.2) is 64.7 Å². The standard InChI is InChI=1S/C13H27N5O3S.HI/c1-15-13(16-6-4-7-17-22(2,20)21)18-8-3-5-11(10-18)9-12(14)19;/h11,17H,3-10H2,1-2H3,(H2,14,19)(H,15,16);1H. The summed E-state index contributed by atoms with van der Waals surface area (Å²) < 4.78 is 24.4. The summed E-state index contributed by atoms with van der Waals surface area (Å²) in [5, 5.41) is 3.22. The van der Waals surface area contributed by atoms with Gasteiger partial charge in [-0.15, -0.1) is 24.0 Å². The minimum Gasteiger partial charge on any atom is -0.370 e. The maximum atomic E-state index is 11.0. The molecule has 1 rings (SSSR count). The molecule has 1 fully saturated rings. The third-order valence-corrected chi connectivity index (χ3v) is 4.25. The molecule has 23 heavy (non-hydrogen) atoms. The van der Waals surface area contributed by atoms with E-state index in [0.717, 1.165) is 38.1 Å². The highest BCUT2D eigenvalue weighted by Crippen LogP contribution is 2.19. The van der Waals surface area contributed by atoms with Crippen molar-refractivity contribution in [3.05, 3.63) is 0 Å². The van der Waals surface area contributed by atoms with Crippen molar-refractivity contribution in [3.63, 3.8) is 0 Å². The van der Waals surface area contributed by atoms with Gasteiger partial charge in [0.25, 0.3) is 0 Å². The number of sulfonamides is 1. The van der Waals surface area contributed by atoms with E-state index in [4.69, 9.17) is 5.73 Å². The van der Waals surface area contributed by atoms with Crippen molar-refractivity contribution < 1.29 is 13.2 Å². The van der Waals surface area contributed by atoms with Crippen molar-refractivity contribution in [3.8, 4) is 0 Å². The molecule has 10 heteroatoms. The highest BCUT2D eigenvalue weighted by molar-refractivity contribution is 14.0. The largest absolute Gasteiger partial charge is 0.370 e. The number of nitrogens with two attached hydrogens (primary N) is 1. The minimum absolute atomic E-state index is 0. The number of guanidine groups is 1. The molecule has 1 aliphatic rings. The lowest BCUT2D eigenvalue weighted by molar-refractivity contribution is -0.119. The van der Waals surface area contributed by atoms with Gasteiger partial charge in [0.15, 0.2) is 5.96 Å². The van der Waals surface area contributed by atoms with Gasteiger partial charge < -0.3 is 16.0 Å². The molecule has 1 unspecified atom stereocenters. The minimum atomic E-state index is -3.13. The number of likely N-dealkylation sites (tertiary alicyclic amines) is 1. The number of primary amides is 1. The Morgan fingerprint density at radius 2 is 2.09 bits per heavy atom. The topological polar surface area (TPSA) is 117 Å². The molecule has 1 aliphatic heterocycles. The quantitative estimate of drug-likeness (QED) is 0.209. The Labute approximate surface area is 155 Å². The Bertz CT molecular complexity index is 498. The van der Waals surface area contributed by atoms with Crippen LogP contribution in [0.5, 0.6) is 0 Å². The zero-order valence-electron chi connectivity index (χ0n) is 13.7. The number of piperidine rings is 1. The Kier molecular flexibility index (Phi) is 10.7. The summed E-state index contributed by atoms with van der Waals surface area (Å²) in [5.41, 5.74) is 5.27. The van der Waals surface area contributed by atoms with E-state index in [-0.39, 0.29) is 35.8 Å². The second kappa shape index (κ2) is 11.0. The zero-order valence-corrected chi connectivity index (χ0v) is 16.9. The van der Waals surface area contributed by atoms with Crippen LogP contribution in [0.2, 0.25) is 0 Å². The molecule has 8 nitrogen and oxygen atoms in total. The highest BCUT2D eigenvalue weighted by Gasteiger charge is 2.23. The summed E-state index contributed by atoms with van der Waals surface area (Å²) in [6.07, 6.45) is 4.24. The second-order valence-corrected chi connectivity index (χ2v) is 7.45. The smallest absolute Gasteiger partial charge is 0.217 e. The van der Waals surface area contributed by atoms with Gasteiger partial charge in [0.1, 0.15) is 0 Å². The molecule has 136 valence electrons. The van der Waals surface area contributed by atoms with Crippen LogP contribution in [0.4, 0.5) is 0 Å². The predicted molar refractivity (Wildman–Crippen MR) is 102 cm³/mol. The van der Waals surface area contributed by atoms with Gasteiger partial charge in [0, 0.05) is 39.6 Å². The fourth-order valence-corrected chi connectivity index (χ4v) is 3.10. The van der Waals surface area contributed by atoms with Crippen LogP contribution in [0.25, 0.3) is 0 Å². The molecule has 0 spiro atoms. The molecule has 1 atom stereocenters. The molecule has 0 saturated carbocycles. The van der Waals surface area contributed by atoms with Gasteiger partial charge in [-0.1, -0.05) is 0 Å². The number of hydrogen-bond donors (Lipinski definition) is 3. The Morgan fingerprint density at radius 1 is 1.39 bits per heavy atom. The number of halogens is 1. The van der Waals surface area contributed by atoms with Crippen molar-refractivity contribution in [2.45, 2.75) is 25.7 Å². The number of rotatable bonds is 7. The zero-order chi connectivity index (χ0) is 16.6. The van der Waals surface area contributed by atoms with E-state index < -0.39 is 10.0 Å². The summed E-state index contributed by atoms with van der Waals surface area (Å²) in [4.78, 5) is 17.4. The number of carbonyl (C=O) groups is 1. The monoisotopic (exact) mass is 461 g/mol. The van der Waals surface area contributed by atoms with Crippen LogP contribution >= 0.6 is 24.0 Å². The molecular formula is C13H28IN5O3S. The number of nitrogens with zero attached hydrogens (tertiary/aromatic N) is 2. The van der Waals surface area contributed by atoms with Gasteiger partial charge >= 0.3 is 0 Å². The third kappa shape index (κ3) is 9.97. The van der Waals surface area contributed by atoms with Gasteiger partial charge in [-0.05, 0) is 25.2 Å². The average Bonchev–Trinajstić information content (AvgIpc) is 2.41. The number of hydrogen-bond acceptors (Lipinski definition) is 4. The van der Waals surface area contributed by atoms with E-state index in [1.54, 1.807) is 7.05 Å². The third-order valence-electron chi connectivity index (χ3n) is 3.52. The van der Waals surface area contributed by atoms with Crippen molar-refractivity contribution in [1.82, 2.24) is 14.9 Å². The SMILES string of the molecule is CN=C(NCCCNS(C)(=O)=O)N1CCCC(CC(N)=O)C1.I. The van der Waals surface area contributed by atoms with Crippen LogP contribution < -0.4 is 15.8 Å². The average molecular weight is 461 g/mol. The maximum Gasteiger partial charge on any atom is 0.217 e. The lowest BCUT2D eigenvalue weighted by Gasteiger charge is -2.34. The molecule has 0 aromatic rings. The summed E-state index contributed by atoms with van der Waals surface area (Å²) in [6, 6.07) is 0. The fraction of sp³-hybridized carbons (Fsp3) is 0.846. The molecule has 0 radical (unpaired) electrons. The molecular weight excluding hydrogens is 433 g/mol. The van der Waals surface area contributed by atoms with Crippen LogP contribution in [0.15, 0.2) is 4.99 Å². The second-order valence-electron chi connectivity index (χ2n) is 5.62. The van der Waals surface area contributed by atoms with E-state index >= 15 is 0 Å². The van der Waals surface area contributed by atoms with E-state index in [9.17, 15) is 13.2 Å². The van der Waals surface area contributed by atoms with Crippen LogP contribution in [-0.2, 0) is 14.8 Å². The van der Waals surface area contributed by atoms with Gasteiger partial charge in [-0.25, -0.2) is 13.1 Å². The first-order valence-electron chi connectivity index (χ1n) is 7.50. The van der Waals surface area contributed by atoms with Crippen molar-refractivity contribution in [2.75, 3.05) is 39.5 Å². The Hall–Kier alpha value is -0.620. The Balaban J connectivity index is 0.00000484. The van der Waals surface area contributed by atoms with Gasteiger partial charge in [0.05, 0.1) is 6.26 Å². The summed E-state index contributed by atoms with van der Waals surface area (Å²) >= 11 is 0. The first kappa shape index (κ1) is 22.4. The van der Waals surface area contributed by atoms with Gasteiger partial charge in [-0.3, -0.25) is 9.79 Å². The van der Waals surface area contributed by atoms with E-state index in [1.807, 2.05) is 0 Å². The molecule has 0 bridgehead atoms. The van der Waals surface area contributed by atoms with Crippen molar-refractivity contribution in [2.24, 2.45) is 16.6 Å². The van der Waals surface area contributed by atoms with Crippen LogP contribution in [0.1, 0.15) is 25.7 Å².